The number of nitrogens with zero attached hydrogens (tertiary/aromatic N) is 2. The van der Waals surface area contributed by atoms with Crippen molar-refractivity contribution in [2.24, 2.45) is 0 Å². The van der Waals surface area contributed by atoms with E-state index in [2.05, 4.69) is 23.2 Å². The zero-order chi connectivity index (χ0) is 16.9. The lowest BCUT2D eigenvalue weighted by Gasteiger charge is -2.43. The maximum absolute atomic E-state index is 11.3. The van der Waals surface area contributed by atoms with Crippen molar-refractivity contribution in [3.63, 3.8) is 0 Å². The summed E-state index contributed by atoms with van der Waals surface area (Å²) in [7, 11) is 0. The Hall–Kier alpha value is -1.46. The molecule has 2 saturated heterocycles. The minimum Gasteiger partial charge on any atom is -0.317 e. The van der Waals surface area contributed by atoms with Crippen LogP contribution in [0, 0.1) is 10.1 Å². The van der Waals surface area contributed by atoms with Gasteiger partial charge in [-0.2, -0.15) is 0 Å². The van der Waals surface area contributed by atoms with E-state index in [-0.39, 0.29) is 10.6 Å². The highest BCUT2D eigenvalue weighted by molar-refractivity contribution is 5.44. The van der Waals surface area contributed by atoms with Crippen molar-refractivity contribution in [1.82, 2.24) is 10.2 Å². The first kappa shape index (κ1) is 17.4. The maximum atomic E-state index is 11.3. The van der Waals surface area contributed by atoms with Crippen LogP contribution in [-0.2, 0) is 6.42 Å². The summed E-state index contributed by atoms with van der Waals surface area (Å²) >= 11 is 0. The zero-order valence-corrected chi connectivity index (χ0v) is 14.7. The number of rotatable bonds is 5. The lowest BCUT2D eigenvalue weighted by molar-refractivity contribution is -0.385. The van der Waals surface area contributed by atoms with Crippen molar-refractivity contribution in [3.8, 4) is 0 Å². The lowest BCUT2D eigenvalue weighted by Crippen LogP contribution is -2.46. The van der Waals surface area contributed by atoms with Gasteiger partial charge in [0.05, 0.1) is 4.92 Å². The number of nitro benzene ring substituents is 1. The number of aryl methyl sites for hydroxylation is 1. The van der Waals surface area contributed by atoms with Crippen molar-refractivity contribution >= 4 is 5.69 Å². The fraction of sp³-hybridized carbons (Fsp3) is 0.684. The SMILES string of the molecule is CCCc1cc(C2CCCCN2C2CCNCC2)ccc1[N+](=O)[O-]. The predicted molar refractivity (Wildman–Crippen MR) is 96.3 cm³/mol. The summed E-state index contributed by atoms with van der Waals surface area (Å²) in [6.07, 6.45) is 7.85. The molecule has 0 aliphatic carbocycles. The molecule has 2 aliphatic rings. The third-order valence-electron chi connectivity index (χ3n) is 5.53. The Balaban J connectivity index is 1.86. The summed E-state index contributed by atoms with van der Waals surface area (Å²) in [5.41, 5.74) is 2.46. The van der Waals surface area contributed by atoms with Crippen LogP contribution in [0.4, 0.5) is 5.69 Å². The molecule has 3 rings (SSSR count). The number of hydrogen-bond donors (Lipinski definition) is 1. The average Bonchev–Trinajstić information content (AvgIpc) is 2.62. The van der Waals surface area contributed by atoms with Crippen LogP contribution in [0.5, 0.6) is 0 Å². The van der Waals surface area contributed by atoms with E-state index in [9.17, 15) is 10.1 Å². The van der Waals surface area contributed by atoms with Gasteiger partial charge in [0.1, 0.15) is 0 Å². The highest BCUT2D eigenvalue weighted by Gasteiger charge is 2.31. The summed E-state index contributed by atoms with van der Waals surface area (Å²) in [5.74, 6) is 0. The van der Waals surface area contributed by atoms with Gasteiger partial charge in [0, 0.05) is 23.7 Å². The van der Waals surface area contributed by atoms with Crippen LogP contribution < -0.4 is 5.32 Å². The van der Waals surface area contributed by atoms with Gasteiger partial charge in [0.15, 0.2) is 0 Å². The Morgan fingerprint density at radius 1 is 1.25 bits per heavy atom. The summed E-state index contributed by atoms with van der Waals surface area (Å²) in [5, 5.41) is 14.7. The van der Waals surface area contributed by atoms with Crippen LogP contribution in [0.3, 0.4) is 0 Å². The predicted octanol–water partition coefficient (Wildman–Crippen LogP) is 3.83. The van der Waals surface area contributed by atoms with Crippen LogP contribution in [0.15, 0.2) is 18.2 Å². The summed E-state index contributed by atoms with van der Waals surface area (Å²) in [6, 6.07) is 6.93. The Morgan fingerprint density at radius 2 is 2.04 bits per heavy atom. The third-order valence-corrected chi connectivity index (χ3v) is 5.53. The molecule has 5 nitrogen and oxygen atoms in total. The van der Waals surface area contributed by atoms with Gasteiger partial charge in [-0.3, -0.25) is 15.0 Å². The van der Waals surface area contributed by atoms with Crippen LogP contribution in [-0.4, -0.2) is 35.5 Å². The molecule has 2 aliphatic heterocycles. The van der Waals surface area contributed by atoms with Crippen molar-refractivity contribution < 1.29 is 4.92 Å². The molecule has 0 spiro atoms. The molecule has 0 amide bonds. The van der Waals surface area contributed by atoms with Crippen molar-refractivity contribution in [2.75, 3.05) is 19.6 Å². The fourth-order valence-corrected chi connectivity index (χ4v) is 4.35. The molecule has 1 aromatic rings. The van der Waals surface area contributed by atoms with Gasteiger partial charge < -0.3 is 5.32 Å². The van der Waals surface area contributed by atoms with Crippen LogP contribution in [0.1, 0.15) is 62.6 Å². The molecule has 2 heterocycles. The molecule has 0 radical (unpaired) electrons. The molecule has 5 heteroatoms. The van der Waals surface area contributed by atoms with Crippen molar-refractivity contribution in [1.29, 1.82) is 0 Å². The molecule has 24 heavy (non-hydrogen) atoms. The molecule has 1 aromatic carbocycles. The molecule has 1 unspecified atom stereocenters. The number of piperidine rings is 2. The second-order valence-electron chi connectivity index (χ2n) is 7.13. The average molecular weight is 331 g/mol. The largest absolute Gasteiger partial charge is 0.317 e. The monoisotopic (exact) mass is 331 g/mol. The number of hydrogen-bond acceptors (Lipinski definition) is 4. The van der Waals surface area contributed by atoms with E-state index in [1.165, 1.54) is 37.7 Å². The second kappa shape index (κ2) is 8.08. The highest BCUT2D eigenvalue weighted by Crippen LogP contribution is 2.36. The zero-order valence-electron chi connectivity index (χ0n) is 14.7. The van der Waals surface area contributed by atoms with Gasteiger partial charge in [0.25, 0.3) is 5.69 Å². The van der Waals surface area contributed by atoms with Gasteiger partial charge in [-0.05, 0) is 63.4 Å². The van der Waals surface area contributed by atoms with Crippen molar-refractivity contribution in [2.45, 2.75) is 64.0 Å². The van der Waals surface area contributed by atoms with E-state index in [4.69, 9.17) is 0 Å². The van der Waals surface area contributed by atoms with E-state index >= 15 is 0 Å². The van der Waals surface area contributed by atoms with Gasteiger partial charge in [0.2, 0.25) is 0 Å². The molecule has 0 bridgehead atoms. The smallest absolute Gasteiger partial charge is 0.272 e. The molecule has 0 saturated carbocycles. The first-order chi connectivity index (χ1) is 11.7. The normalized spacial score (nSPS) is 23.3. The molecule has 0 aromatic heterocycles. The molecule has 1 N–H and O–H groups in total. The van der Waals surface area contributed by atoms with Crippen LogP contribution >= 0.6 is 0 Å². The van der Waals surface area contributed by atoms with Gasteiger partial charge in [-0.15, -0.1) is 0 Å². The van der Waals surface area contributed by atoms with E-state index < -0.39 is 0 Å². The molecule has 2 fully saturated rings. The fourth-order valence-electron chi connectivity index (χ4n) is 4.35. The van der Waals surface area contributed by atoms with E-state index in [0.29, 0.717) is 12.1 Å². The Labute approximate surface area is 144 Å². The summed E-state index contributed by atoms with van der Waals surface area (Å²) in [6.45, 7) is 5.46. The lowest BCUT2D eigenvalue weighted by atomic mass is 9.90. The molecular weight excluding hydrogens is 302 g/mol. The second-order valence-corrected chi connectivity index (χ2v) is 7.13. The standard InChI is InChI=1S/C19H29N3O2/c1-2-5-15-14-16(7-8-19(15)22(23)24)18-6-3-4-13-21(18)17-9-11-20-12-10-17/h7-8,14,17-18,20H,2-6,9-13H2,1H3. The van der Waals surface area contributed by atoms with Crippen molar-refractivity contribution in [3.05, 3.63) is 39.4 Å². The summed E-state index contributed by atoms with van der Waals surface area (Å²) < 4.78 is 0. The molecule has 1 atom stereocenters. The number of nitrogens with one attached hydrogen (secondary N) is 1. The topological polar surface area (TPSA) is 58.4 Å². The number of benzene rings is 1. The van der Waals surface area contributed by atoms with Crippen LogP contribution in [0.2, 0.25) is 0 Å². The third kappa shape index (κ3) is 3.78. The van der Waals surface area contributed by atoms with Gasteiger partial charge in [-0.25, -0.2) is 0 Å². The minimum atomic E-state index is -0.236. The maximum Gasteiger partial charge on any atom is 0.272 e. The van der Waals surface area contributed by atoms with E-state index in [0.717, 1.165) is 38.0 Å². The molecular formula is C19H29N3O2. The van der Waals surface area contributed by atoms with E-state index in [1.807, 2.05) is 6.07 Å². The van der Waals surface area contributed by atoms with Crippen LogP contribution in [0.25, 0.3) is 0 Å². The van der Waals surface area contributed by atoms with E-state index in [1.54, 1.807) is 6.07 Å². The first-order valence-corrected chi connectivity index (χ1v) is 9.44. The quantitative estimate of drug-likeness (QED) is 0.658. The Kier molecular flexibility index (Phi) is 5.85. The molecule has 132 valence electrons. The highest BCUT2D eigenvalue weighted by atomic mass is 16.6. The van der Waals surface area contributed by atoms with Gasteiger partial charge in [-0.1, -0.05) is 25.8 Å². The first-order valence-electron chi connectivity index (χ1n) is 9.44. The number of likely N-dealkylation sites (tertiary alicyclic amines) is 1. The van der Waals surface area contributed by atoms with Gasteiger partial charge >= 0.3 is 0 Å². The number of nitro groups is 1. The Morgan fingerprint density at radius 3 is 2.75 bits per heavy atom. The summed E-state index contributed by atoms with van der Waals surface area (Å²) in [4.78, 5) is 13.7. The minimum absolute atomic E-state index is 0.236. The Bertz CT molecular complexity index is 570.